The highest BCUT2D eigenvalue weighted by atomic mass is 16.7. The largest absolute Gasteiger partial charge is 0.454 e. The smallest absolute Gasteiger partial charge is 0.235 e. The number of anilines is 1. The molecule has 1 aliphatic heterocycles. The lowest BCUT2D eigenvalue weighted by Gasteiger charge is -2.16. The van der Waals surface area contributed by atoms with Crippen LogP contribution in [0.1, 0.15) is 24.0 Å². The van der Waals surface area contributed by atoms with Crippen molar-refractivity contribution in [2.45, 2.75) is 18.3 Å². The summed E-state index contributed by atoms with van der Waals surface area (Å²) in [5, 5.41) is 12.0. The molecular formula is C18H14N2O3. The van der Waals surface area contributed by atoms with Crippen LogP contribution < -0.4 is 14.8 Å². The lowest BCUT2D eigenvalue weighted by atomic mass is 9.94. The van der Waals surface area contributed by atoms with Gasteiger partial charge in [0.25, 0.3) is 0 Å². The first-order valence-electron chi connectivity index (χ1n) is 7.44. The van der Waals surface area contributed by atoms with Crippen molar-refractivity contribution in [2.24, 2.45) is 0 Å². The third-order valence-electron chi connectivity index (χ3n) is 4.41. The van der Waals surface area contributed by atoms with Crippen molar-refractivity contribution in [2.75, 3.05) is 12.1 Å². The summed E-state index contributed by atoms with van der Waals surface area (Å²) in [6.07, 6.45) is 1.57. The van der Waals surface area contributed by atoms with Gasteiger partial charge in [-0.1, -0.05) is 18.2 Å². The van der Waals surface area contributed by atoms with E-state index in [1.54, 1.807) is 24.3 Å². The predicted molar refractivity (Wildman–Crippen MR) is 83.3 cm³/mol. The van der Waals surface area contributed by atoms with Gasteiger partial charge in [-0.25, -0.2) is 0 Å². The standard InChI is InChI=1S/C18H14N2O3/c19-10-12-3-1-2-4-14(12)20-17(21)18(7-8-18)13-5-6-15-16(9-13)23-11-22-15/h1-6,9H,7-8,11H2,(H,20,21). The zero-order chi connectivity index (χ0) is 15.9. The highest BCUT2D eigenvalue weighted by molar-refractivity contribution is 6.02. The van der Waals surface area contributed by atoms with Crippen LogP contribution in [-0.2, 0) is 10.2 Å². The summed E-state index contributed by atoms with van der Waals surface area (Å²) >= 11 is 0. The Bertz CT molecular complexity index is 834. The molecule has 114 valence electrons. The molecule has 0 bridgehead atoms. The molecule has 0 unspecified atom stereocenters. The molecule has 23 heavy (non-hydrogen) atoms. The lowest BCUT2D eigenvalue weighted by molar-refractivity contribution is -0.118. The van der Waals surface area contributed by atoms with Crippen molar-refractivity contribution in [3.8, 4) is 17.6 Å². The number of hydrogen-bond acceptors (Lipinski definition) is 4. The van der Waals surface area contributed by atoms with Gasteiger partial charge in [-0.15, -0.1) is 0 Å². The Labute approximate surface area is 133 Å². The Hall–Kier alpha value is -3.00. The summed E-state index contributed by atoms with van der Waals surface area (Å²) in [7, 11) is 0. The lowest BCUT2D eigenvalue weighted by Crippen LogP contribution is -2.28. The van der Waals surface area contributed by atoms with Gasteiger partial charge in [0, 0.05) is 0 Å². The molecule has 1 saturated carbocycles. The molecule has 1 heterocycles. The zero-order valence-electron chi connectivity index (χ0n) is 12.3. The Kier molecular flexibility index (Phi) is 2.98. The van der Waals surface area contributed by atoms with Crippen molar-refractivity contribution in [1.82, 2.24) is 0 Å². The number of fused-ring (bicyclic) bond motifs is 1. The van der Waals surface area contributed by atoms with E-state index in [4.69, 9.17) is 14.7 Å². The molecule has 0 spiro atoms. The third-order valence-corrected chi connectivity index (χ3v) is 4.41. The van der Waals surface area contributed by atoms with E-state index in [2.05, 4.69) is 11.4 Å². The summed E-state index contributed by atoms with van der Waals surface area (Å²) in [5.74, 6) is 1.30. The van der Waals surface area contributed by atoms with Crippen molar-refractivity contribution >= 4 is 11.6 Å². The number of benzene rings is 2. The maximum absolute atomic E-state index is 12.8. The van der Waals surface area contributed by atoms with E-state index in [0.29, 0.717) is 22.7 Å². The maximum atomic E-state index is 12.8. The second-order valence-electron chi connectivity index (χ2n) is 5.76. The zero-order valence-corrected chi connectivity index (χ0v) is 12.3. The van der Waals surface area contributed by atoms with Crippen molar-refractivity contribution in [1.29, 1.82) is 5.26 Å². The molecule has 0 radical (unpaired) electrons. The van der Waals surface area contributed by atoms with Crippen LogP contribution in [0.5, 0.6) is 11.5 Å². The molecule has 1 N–H and O–H groups in total. The fraction of sp³-hybridized carbons (Fsp3) is 0.222. The molecule has 5 heteroatoms. The minimum absolute atomic E-state index is 0.0842. The minimum Gasteiger partial charge on any atom is -0.454 e. The summed E-state index contributed by atoms with van der Waals surface area (Å²) in [6, 6.07) is 14.7. The third kappa shape index (κ3) is 2.20. The van der Waals surface area contributed by atoms with E-state index < -0.39 is 5.41 Å². The number of ether oxygens (including phenoxy) is 2. The van der Waals surface area contributed by atoms with Gasteiger partial charge >= 0.3 is 0 Å². The van der Waals surface area contributed by atoms with Gasteiger partial charge in [-0.2, -0.15) is 5.26 Å². The molecule has 2 aromatic carbocycles. The predicted octanol–water partition coefficient (Wildman–Crippen LogP) is 2.96. The number of nitriles is 1. The van der Waals surface area contributed by atoms with Gasteiger partial charge in [-0.05, 0) is 42.7 Å². The molecule has 0 atom stereocenters. The minimum atomic E-state index is -0.538. The van der Waals surface area contributed by atoms with Crippen LogP contribution in [0.2, 0.25) is 0 Å². The molecule has 2 aliphatic rings. The summed E-state index contributed by atoms with van der Waals surface area (Å²) in [4.78, 5) is 12.8. The van der Waals surface area contributed by atoms with Crippen molar-refractivity contribution in [3.63, 3.8) is 0 Å². The van der Waals surface area contributed by atoms with Crippen molar-refractivity contribution < 1.29 is 14.3 Å². The molecule has 4 rings (SSSR count). The highest BCUT2D eigenvalue weighted by Crippen LogP contribution is 2.51. The molecular weight excluding hydrogens is 292 g/mol. The van der Waals surface area contributed by atoms with Crippen LogP contribution >= 0.6 is 0 Å². The van der Waals surface area contributed by atoms with E-state index >= 15 is 0 Å². The first-order valence-corrected chi connectivity index (χ1v) is 7.44. The average Bonchev–Trinajstić information content (AvgIpc) is 3.27. The van der Waals surface area contributed by atoms with Crippen LogP contribution in [0.3, 0.4) is 0 Å². The average molecular weight is 306 g/mol. The number of carbonyl (C=O) groups excluding carboxylic acids is 1. The van der Waals surface area contributed by atoms with Crippen LogP contribution in [0, 0.1) is 11.3 Å². The maximum Gasteiger partial charge on any atom is 0.235 e. The van der Waals surface area contributed by atoms with Gasteiger partial charge in [0.15, 0.2) is 11.5 Å². The molecule has 0 aromatic heterocycles. The number of nitrogens with zero attached hydrogens (tertiary/aromatic N) is 1. The van der Waals surface area contributed by atoms with E-state index in [1.807, 2.05) is 18.2 Å². The first kappa shape index (κ1) is 13.6. The monoisotopic (exact) mass is 306 g/mol. The van der Waals surface area contributed by atoms with Crippen molar-refractivity contribution in [3.05, 3.63) is 53.6 Å². The number of para-hydroxylation sites is 1. The van der Waals surface area contributed by atoms with Crippen LogP contribution in [0.25, 0.3) is 0 Å². The second-order valence-corrected chi connectivity index (χ2v) is 5.76. The topological polar surface area (TPSA) is 71.4 Å². The first-order chi connectivity index (χ1) is 11.2. The van der Waals surface area contributed by atoms with Gasteiger partial charge in [-0.3, -0.25) is 4.79 Å². The molecule has 2 aromatic rings. The number of carbonyl (C=O) groups is 1. The van der Waals surface area contributed by atoms with E-state index in [9.17, 15) is 4.79 Å². The van der Waals surface area contributed by atoms with Gasteiger partial charge in [0.2, 0.25) is 12.7 Å². The van der Waals surface area contributed by atoms with E-state index in [0.717, 1.165) is 18.4 Å². The Morgan fingerprint density at radius 2 is 1.91 bits per heavy atom. The number of hydrogen-bond donors (Lipinski definition) is 1. The molecule has 1 fully saturated rings. The molecule has 1 amide bonds. The van der Waals surface area contributed by atoms with Crippen LogP contribution in [0.15, 0.2) is 42.5 Å². The Morgan fingerprint density at radius 1 is 1.13 bits per heavy atom. The Balaban J connectivity index is 1.62. The SMILES string of the molecule is N#Cc1ccccc1NC(=O)C1(c2ccc3c(c2)OCO3)CC1. The van der Waals surface area contributed by atoms with Gasteiger partial charge in [0.1, 0.15) is 6.07 Å². The van der Waals surface area contributed by atoms with E-state index in [-0.39, 0.29) is 12.7 Å². The highest BCUT2D eigenvalue weighted by Gasteiger charge is 2.51. The summed E-state index contributed by atoms with van der Waals surface area (Å²) < 4.78 is 10.7. The molecule has 5 nitrogen and oxygen atoms in total. The van der Waals surface area contributed by atoms with Gasteiger partial charge < -0.3 is 14.8 Å². The normalized spacial score (nSPS) is 16.5. The summed E-state index contributed by atoms with van der Waals surface area (Å²) in [6.45, 7) is 0.216. The number of rotatable bonds is 3. The fourth-order valence-corrected chi connectivity index (χ4v) is 2.90. The van der Waals surface area contributed by atoms with Crippen LogP contribution in [0.4, 0.5) is 5.69 Å². The molecule has 1 aliphatic carbocycles. The molecule has 0 saturated heterocycles. The second kappa shape index (κ2) is 5.03. The fourth-order valence-electron chi connectivity index (χ4n) is 2.90. The Morgan fingerprint density at radius 3 is 2.70 bits per heavy atom. The number of amides is 1. The quantitative estimate of drug-likeness (QED) is 0.946. The summed E-state index contributed by atoms with van der Waals surface area (Å²) in [5.41, 5.74) is 1.40. The van der Waals surface area contributed by atoms with E-state index in [1.165, 1.54) is 0 Å². The number of nitrogens with one attached hydrogen (secondary N) is 1. The van der Waals surface area contributed by atoms with Gasteiger partial charge in [0.05, 0.1) is 16.7 Å². The van der Waals surface area contributed by atoms with Crippen LogP contribution in [-0.4, -0.2) is 12.7 Å².